The molecule has 0 saturated heterocycles. The van der Waals surface area contributed by atoms with Gasteiger partial charge in [0.15, 0.2) is 8.07 Å². The second-order valence-electron chi connectivity index (χ2n) is 18.0. The van der Waals surface area contributed by atoms with Crippen LogP contribution in [0.25, 0.3) is 38.6 Å². The average molecular weight is 826 g/mol. The summed E-state index contributed by atoms with van der Waals surface area (Å²) in [6.07, 6.45) is 0. The Morgan fingerprint density at radius 3 is 1.40 bits per heavy atom. The van der Waals surface area contributed by atoms with Gasteiger partial charge in [0.25, 0.3) is 6.71 Å². The number of aromatic nitrogens is 1. The van der Waals surface area contributed by atoms with E-state index in [1.807, 2.05) is 0 Å². The highest BCUT2D eigenvalue weighted by Crippen LogP contribution is 2.40. The van der Waals surface area contributed by atoms with Crippen LogP contribution in [0.4, 0.5) is 0 Å². The van der Waals surface area contributed by atoms with Gasteiger partial charge < -0.3 is 14.0 Å². The van der Waals surface area contributed by atoms with E-state index >= 15 is 0 Å². The molecule has 0 radical (unpaired) electrons. The lowest BCUT2D eigenvalue weighted by Gasteiger charge is -2.35. The lowest BCUT2D eigenvalue weighted by molar-refractivity contribution is 0.464. The molecular weight excluding hydrogens is 782 g/mol. The second kappa shape index (κ2) is 14.4. The van der Waals surface area contributed by atoms with E-state index in [1.54, 1.807) is 0 Å². The lowest BCUT2D eigenvalue weighted by atomic mass is 9.34. The average Bonchev–Trinajstić information content (AvgIpc) is 3.67. The fourth-order valence-electron chi connectivity index (χ4n) is 10.4. The SMILES string of the molecule is CC(C)(C)c1ccc2c(c1)B1c3cc(-n4c5ccccc5c5ccccc54)ccc3Oc3cc(-c4ccc([Si](c5ccccc5)(c5ccccc5)c5ccccc5)cc4)cc(c31)O2. The van der Waals surface area contributed by atoms with Gasteiger partial charge in [0.2, 0.25) is 0 Å². The van der Waals surface area contributed by atoms with E-state index in [0.29, 0.717) is 0 Å². The Kier molecular flexibility index (Phi) is 8.54. The van der Waals surface area contributed by atoms with Crippen molar-refractivity contribution in [2.75, 3.05) is 0 Å². The van der Waals surface area contributed by atoms with Crippen molar-refractivity contribution in [3.05, 3.63) is 218 Å². The molecule has 0 bridgehead atoms. The fourth-order valence-corrected chi connectivity index (χ4v) is 15.2. The molecule has 0 spiro atoms. The minimum Gasteiger partial charge on any atom is -0.458 e. The number of nitrogens with zero attached hydrogens (tertiary/aromatic N) is 1. The third-order valence-electron chi connectivity index (χ3n) is 13.4. The molecule has 0 amide bonds. The van der Waals surface area contributed by atoms with Gasteiger partial charge in [0, 0.05) is 21.9 Å². The van der Waals surface area contributed by atoms with Crippen LogP contribution in [0.3, 0.4) is 0 Å². The van der Waals surface area contributed by atoms with Gasteiger partial charge in [0.1, 0.15) is 23.0 Å². The molecule has 10 aromatic rings. The standard InChI is InChI=1S/C58H44BNO2Si/c1-58(2,3)41-29-33-53-49(37-41)59-50-38-42(60-51-25-15-13-23-47(51)48-24-14-16-26-52(48)60)30-34-54(50)62-56-36-40(35-55(61-53)57(56)59)39-27-31-46(32-28-39)63(43-17-7-4-8-18-43,44-19-9-5-10-20-44)45-21-11-6-12-22-45/h4-38H,1-3H3. The van der Waals surface area contributed by atoms with Crippen LogP contribution in [-0.4, -0.2) is 19.4 Å². The Morgan fingerprint density at radius 2 is 0.873 bits per heavy atom. The number of rotatable bonds is 6. The molecule has 0 atom stereocenters. The van der Waals surface area contributed by atoms with E-state index in [2.05, 4.69) is 238 Å². The summed E-state index contributed by atoms with van der Waals surface area (Å²) in [4.78, 5) is 0. The largest absolute Gasteiger partial charge is 0.458 e. The Bertz CT molecular complexity index is 3210. The maximum Gasteiger partial charge on any atom is 0.260 e. The van der Waals surface area contributed by atoms with Crippen molar-refractivity contribution in [1.82, 2.24) is 4.57 Å². The Balaban J connectivity index is 1.01. The molecule has 0 N–H and O–H groups in total. The van der Waals surface area contributed by atoms with Crippen LogP contribution in [0, 0.1) is 0 Å². The summed E-state index contributed by atoms with van der Waals surface area (Å²) in [6.45, 7) is 6.75. The highest BCUT2D eigenvalue weighted by molar-refractivity contribution is 7.19. The first kappa shape index (κ1) is 37.4. The molecule has 5 heteroatoms. The van der Waals surface area contributed by atoms with E-state index in [0.717, 1.165) is 50.7 Å². The Morgan fingerprint density at radius 1 is 0.413 bits per heavy atom. The van der Waals surface area contributed by atoms with Crippen LogP contribution in [0.5, 0.6) is 23.0 Å². The second-order valence-corrected chi connectivity index (χ2v) is 21.9. The van der Waals surface area contributed by atoms with Crippen molar-refractivity contribution < 1.29 is 9.47 Å². The molecule has 300 valence electrons. The molecule has 0 fully saturated rings. The van der Waals surface area contributed by atoms with Gasteiger partial charge in [-0.1, -0.05) is 185 Å². The van der Waals surface area contributed by atoms with Crippen molar-refractivity contribution in [2.45, 2.75) is 26.2 Å². The van der Waals surface area contributed by atoms with Crippen molar-refractivity contribution >= 4 is 73.7 Å². The van der Waals surface area contributed by atoms with Gasteiger partial charge in [0.05, 0.1) is 11.0 Å². The minimum absolute atomic E-state index is 0.0328. The predicted octanol–water partition coefficient (Wildman–Crippen LogP) is 9.85. The molecule has 12 rings (SSSR count). The molecule has 9 aromatic carbocycles. The van der Waals surface area contributed by atoms with Crippen molar-refractivity contribution in [3.63, 3.8) is 0 Å². The van der Waals surface area contributed by atoms with Gasteiger partial charge >= 0.3 is 0 Å². The lowest BCUT2D eigenvalue weighted by Crippen LogP contribution is -2.74. The van der Waals surface area contributed by atoms with Crippen molar-refractivity contribution in [1.29, 1.82) is 0 Å². The summed E-state index contributed by atoms with van der Waals surface area (Å²) in [5, 5.41) is 7.89. The molecule has 2 aliphatic heterocycles. The van der Waals surface area contributed by atoms with Gasteiger partial charge in [-0.25, -0.2) is 0 Å². The maximum atomic E-state index is 7.02. The van der Waals surface area contributed by atoms with Crippen LogP contribution >= 0.6 is 0 Å². The third-order valence-corrected chi connectivity index (χ3v) is 18.2. The maximum absolute atomic E-state index is 7.02. The summed E-state index contributed by atoms with van der Waals surface area (Å²) in [5.74, 6) is 3.43. The first-order valence-corrected chi connectivity index (χ1v) is 23.9. The monoisotopic (exact) mass is 825 g/mol. The van der Waals surface area contributed by atoms with Crippen molar-refractivity contribution in [3.8, 4) is 39.8 Å². The summed E-state index contributed by atoms with van der Waals surface area (Å²) >= 11 is 0. The highest BCUT2D eigenvalue weighted by atomic mass is 28.3. The zero-order chi connectivity index (χ0) is 42.3. The zero-order valence-electron chi connectivity index (χ0n) is 35.5. The highest BCUT2D eigenvalue weighted by Gasteiger charge is 2.43. The van der Waals surface area contributed by atoms with Gasteiger partial charge in [-0.3, -0.25) is 0 Å². The number of para-hydroxylation sites is 2. The number of hydrogen-bond donors (Lipinski definition) is 0. The Labute approximate surface area is 369 Å². The summed E-state index contributed by atoms with van der Waals surface area (Å²) in [7, 11) is -2.67. The summed E-state index contributed by atoms with van der Waals surface area (Å²) in [6, 6.07) is 77.9. The molecule has 1 aromatic heterocycles. The van der Waals surface area contributed by atoms with E-state index in [-0.39, 0.29) is 12.1 Å². The van der Waals surface area contributed by atoms with Gasteiger partial charge in [-0.05, 0) is 102 Å². The molecule has 3 nitrogen and oxygen atoms in total. The topological polar surface area (TPSA) is 23.4 Å². The molecule has 2 aliphatic rings. The van der Waals surface area contributed by atoms with Crippen LogP contribution in [0.1, 0.15) is 26.3 Å². The molecular formula is C58H44BNO2Si. The van der Waals surface area contributed by atoms with Crippen LogP contribution < -0.4 is 46.6 Å². The van der Waals surface area contributed by atoms with E-state index < -0.39 is 8.07 Å². The van der Waals surface area contributed by atoms with Gasteiger partial charge in [-0.2, -0.15) is 0 Å². The third kappa shape index (κ3) is 5.87. The van der Waals surface area contributed by atoms with Crippen LogP contribution in [-0.2, 0) is 5.41 Å². The van der Waals surface area contributed by atoms with Crippen molar-refractivity contribution in [2.24, 2.45) is 0 Å². The molecule has 0 saturated carbocycles. The van der Waals surface area contributed by atoms with Crippen LogP contribution in [0.2, 0.25) is 0 Å². The van der Waals surface area contributed by atoms with E-state index in [9.17, 15) is 0 Å². The smallest absolute Gasteiger partial charge is 0.260 e. The van der Waals surface area contributed by atoms with Gasteiger partial charge in [-0.15, -0.1) is 0 Å². The number of hydrogen-bond acceptors (Lipinski definition) is 2. The Hall–Kier alpha value is -7.34. The summed E-state index contributed by atoms with van der Waals surface area (Å²) in [5.41, 5.74) is 10.3. The number of benzene rings is 9. The first-order valence-electron chi connectivity index (χ1n) is 21.9. The predicted molar refractivity (Wildman–Crippen MR) is 266 cm³/mol. The normalized spacial score (nSPS) is 12.9. The zero-order valence-corrected chi connectivity index (χ0v) is 36.5. The summed E-state index contributed by atoms with van der Waals surface area (Å²) < 4.78 is 16.4. The number of ether oxygens (including phenoxy) is 2. The number of fused-ring (bicyclic) bond motifs is 7. The quantitative estimate of drug-likeness (QED) is 0.123. The molecule has 0 unspecified atom stereocenters. The molecule has 63 heavy (non-hydrogen) atoms. The molecule has 3 heterocycles. The first-order chi connectivity index (χ1) is 30.9. The van der Waals surface area contributed by atoms with E-state index in [1.165, 1.54) is 53.6 Å². The van der Waals surface area contributed by atoms with Crippen LogP contribution in [0.15, 0.2) is 212 Å². The minimum atomic E-state index is -2.67. The fraction of sp³-hybridized carbons (Fsp3) is 0.0690. The molecule has 0 aliphatic carbocycles. The van der Waals surface area contributed by atoms with E-state index in [4.69, 9.17) is 9.47 Å².